The number of piperidine rings is 1. The summed E-state index contributed by atoms with van der Waals surface area (Å²) in [6, 6.07) is 7.35. The van der Waals surface area contributed by atoms with Crippen LogP contribution in [0.25, 0.3) is 0 Å². The molecule has 1 saturated heterocycles. The quantitative estimate of drug-likeness (QED) is 0.876. The minimum Gasteiger partial charge on any atom is -0.480 e. The van der Waals surface area contributed by atoms with E-state index in [0.29, 0.717) is 5.02 Å². The van der Waals surface area contributed by atoms with Gasteiger partial charge in [-0.2, -0.15) is 0 Å². The number of anilines is 1. The lowest BCUT2D eigenvalue weighted by Gasteiger charge is -2.30. The molecule has 0 unspecified atom stereocenters. The van der Waals surface area contributed by atoms with Crippen LogP contribution in [0.4, 0.5) is 5.69 Å². The number of carboxylic acids is 1. The molecule has 4 nitrogen and oxygen atoms in total. The molecule has 1 aromatic rings. The summed E-state index contributed by atoms with van der Waals surface area (Å²) in [7, 11) is 0. The van der Waals surface area contributed by atoms with Gasteiger partial charge in [-0.15, -0.1) is 0 Å². The van der Waals surface area contributed by atoms with Crippen LogP contribution >= 0.6 is 11.6 Å². The van der Waals surface area contributed by atoms with Crippen molar-refractivity contribution in [3.05, 3.63) is 29.3 Å². The second-order valence-corrected chi connectivity index (χ2v) is 5.63. The van der Waals surface area contributed by atoms with Crippen LogP contribution < -0.4 is 4.90 Å². The first-order valence-electron chi connectivity index (χ1n) is 7.10. The minimum atomic E-state index is -0.807. The van der Waals surface area contributed by atoms with E-state index in [0.717, 1.165) is 31.9 Å². The van der Waals surface area contributed by atoms with Gasteiger partial charge in [-0.3, -0.25) is 4.79 Å². The van der Waals surface area contributed by atoms with Crippen LogP contribution in [0.1, 0.15) is 19.3 Å². The molecule has 0 aliphatic carbocycles. The molecule has 0 spiro atoms. The summed E-state index contributed by atoms with van der Waals surface area (Å²) in [5.41, 5.74) is 0.911. The average molecular weight is 297 g/mol. The first-order valence-corrected chi connectivity index (χ1v) is 7.47. The number of carbonyl (C=O) groups is 1. The molecule has 1 heterocycles. The number of rotatable bonds is 6. The highest BCUT2D eigenvalue weighted by atomic mass is 35.5. The van der Waals surface area contributed by atoms with Gasteiger partial charge in [0.05, 0.1) is 0 Å². The Balaban J connectivity index is 1.95. The molecule has 20 heavy (non-hydrogen) atoms. The molecule has 110 valence electrons. The van der Waals surface area contributed by atoms with Crippen LogP contribution in [0.15, 0.2) is 24.3 Å². The van der Waals surface area contributed by atoms with Crippen LogP contribution in [0, 0.1) is 0 Å². The van der Waals surface area contributed by atoms with Gasteiger partial charge in [0.2, 0.25) is 0 Å². The molecule has 0 bridgehead atoms. The molecule has 1 fully saturated rings. The van der Waals surface area contributed by atoms with E-state index in [4.69, 9.17) is 16.7 Å². The fraction of sp³-hybridized carbons (Fsp3) is 0.533. The Hall–Kier alpha value is -1.26. The summed E-state index contributed by atoms with van der Waals surface area (Å²) >= 11 is 5.88. The number of nitrogens with zero attached hydrogens (tertiary/aromatic N) is 2. The fourth-order valence-electron chi connectivity index (χ4n) is 2.56. The standard InChI is InChI=1S/C15H21ClN2O2/c16-13-4-6-14(7-5-13)18(12-15(19)20)11-10-17-8-2-1-3-9-17/h4-7H,1-3,8-12H2,(H,19,20). The van der Waals surface area contributed by atoms with Gasteiger partial charge in [-0.05, 0) is 50.2 Å². The van der Waals surface area contributed by atoms with Crippen LogP contribution in [-0.4, -0.2) is 48.7 Å². The first-order chi connectivity index (χ1) is 9.65. The summed E-state index contributed by atoms with van der Waals surface area (Å²) in [6.45, 7) is 3.92. The van der Waals surface area contributed by atoms with Gasteiger partial charge in [0.25, 0.3) is 0 Å². The van der Waals surface area contributed by atoms with Gasteiger partial charge in [-0.1, -0.05) is 18.0 Å². The zero-order chi connectivity index (χ0) is 14.4. The Kier molecular flexibility index (Phi) is 5.68. The van der Waals surface area contributed by atoms with E-state index in [-0.39, 0.29) is 6.54 Å². The lowest BCUT2D eigenvalue weighted by molar-refractivity contribution is -0.135. The summed E-state index contributed by atoms with van der Waals surface area (Å²) < 4.78 is 0. The maximum absolute atomic E-state index is 11.0. The van der Waals surface area contributed by atoms with E-state index >= 15 is 0 Å². The van der Waals surface area contributed by atoms with Gasteiger partial charge >= 0.3 is 5.97 Å². The normalized spacial score (nSPS) is 16.1. The SMILES string of the molecule is O=C(O)CN(CCN1CCCCC1)c1ccc(Cl)cc1. The number of benzene rings is 1. The van der Waals surface area contributed by atoms with E-state index in [1.165, 1.54) is 19.3 Å². The van der Waals surface area contributed by atoms with Crippen molar-refractivity contribution in [1.29, 1.82) is 0 Å². The Morgan fingerprint density at radius 2 is 1.85 bits per heavy atom. The topological polar surface area (TPSA) is 43.8 Å². The monoisotopic (exact) mass is 296 g/mol. The van der Waals surface area contributed by atoms with Crippen molar-refractivity contribution in [2.45, 2.75) is 19.3 Å². The highest BCUT2D eigenvalue weighted by molar-refractivity contribution is 6.30. The van der Waals surface area contributed by atoms with Gasteiger partial charge in [-0.25, -0.2) is 0 Å². The molecule has 1 N–H and O–H groups in total. The van der Waals surface area contributed by atoms with Crippen molar-refractivity contribution in [3.63, 3.8) is 0 Å². The van der Waals surface area contributed by atoms with Crippen molar-refractivity contribution >= 4 is 23.3 Å². The second kappa shape index (κ2) is 7.50. The van der Waals surface area contributed by atoms with Crippen molar-refractivity contribution in [3.8, 4) is 0 Å². The maximum Gasteiger partial charge on any atom is 0.323 e. The summed E-state index contributed by atoms with van der Waals surface area (Å²) in [6.07, 6.45) is 3.81. The van der Waals surface area contributed by atoms with E-state index in [1.807, 2.05) is 17.0 Å². The maximum atomic E-state index is 11.0. The van der Waals surface area contributed by atoms with E-state index in [2.05, 4.69) is 4.90 Å². The lowest BCUT2D eigenvalue weighted by Crippen LogP contribution is -2.39. The first kappa shape index (κ1) is 15.1. The number of hydrogen-bond acceptors (Lipinski definition) is 3. The minimum absolute atomic E-state index is 0.0233. The summed E-state index contributed by atoms with van der Waals surface area (Å²) in [5.74, 6) is -0.807. The van der Waals surface area contributed by atoms with Crippen molar-refractivity contribution in [2.24, 2.45) is 0 Å². The molecule has 0 saturated carbocycles. The van der Waals surface area contributed by atoms with Gasteiger partial charge < -0.3 is 14.9 Å². The number of halogens is 1. The van der Waals surface area contributed by atoms with Crippen LogP contribution in [0.2, 0.25) is 5.02 Å². The van der Waals surface area contributed by atoms with Crippen molar-refractivity contribution in [2.75, 3.05) is 37.6 Å². The predicted molar refractivity (Wildman–Crippen MR) is 81.6 cm³/mol. The Morgan fingerprint density at radius 1 is 1.20 bits per heavy atom. The zero-order valence-electron chi connectivity index (χ0n) is 11.6. The highest BCUT2D eigenvalue weighted by Gasteiger charge is 2.14. The average Bonchev–Trinajstić information content (AvgIpc) is 2.45. The molecule has 1 aliphatic heterocycles. The highest BCUT2D eigenvalue weighted by Crippen LogP contribution is 2.18. The number of carboxylic acid groups (broad SMARTS) is 1. The van der Waals surface area contributed by atoms with Crippen LogP contribution in [0.3, 0.4) is 0 Å². The molecule has 5 heteroatoms. The van der Waals surface area contributed by atoms with Gasteiger partial charge in [0.1, 0.15) is 6.54 Å². The van der Waals surface area contributed by atoms with Crippen molar-refractivity contribution in [1.82, 2.24) is 4.90 Å². The molecule has 1 aromatic carbocycles. The van der Waals surface area contributed by atoms with Gasteiger partial charge in [0, 0.05) is 23.8 Å². The Bertz CT molecular complexity index is 430. The molecular weight excluding hydrogens is 276 g/mol. The third-order valence-electron chi connectivity index (χ3n) is 3.65. The number of aliphatic carboxylic acids is 1. The van der Waals surface area contributed by atoms with E-state index in [9.17, 15) is 4.79 Å². The largest absolute Gasteiger partial charge is 0.480 e. The van der Waals surface area contributed by atoms with Crippen LogP contribution in [0.5, 0.6) is 0 Å². The third kappa shape index (κ3) is 4.69. The lowest BCUT2D eigenvalue weighted by atomic mass is 10.1. The number of likely N-dealkylation sites (tertiary alicyclic amines) is 1. The van der Waals surface area contributed by atoms with E-state index in [1.54, 1.807) is 12.1 Å². The molecule has 0 aromatic heterocycles. The fourth-order valence-corrected chi connectivity index (χ4v) is 2.69. The molecule has 0 atom stereocenters. The molecular formula is C15H21ClN2O2. The molecule has 1 aliphatic rings. The third-order valence-corrected chi connectivity index (χ3v) is 3.90. The number of hydrogen-bond donors (Lipinski definition) is 1. The van der Waals surface area contributed by atoms with E-state index < -0.39 is 5.97 Å². The summed E-state index contributed by atoms with van der Waals surface area (Å²) in [4.78, 5) is 15.3. The van der Waals surface area contributed by atoms with Crippen molar-refractivity contribution < 1.29 is 9.90 Å². The molecule has 2 rings (SSSR count). The second-order valence-electron chi connectivity index (χ2n) is 5.19. The summed E-state index contributed by atoms with van der Waals surface area (Å²) in [5, 5.41) is 9.72. The Labute approximate surface area is 124 Å². The predicted octanol–water partition coefficient (Wildman–Crippen LogP) is 2.72. The van der Waals surface area contributed by atoms with Crippen LogP contribution in [-0.2, 0) is 4.79 Å². The smallest absolute Gasteiger partial charge is 0.323 e. The Morgan fingerprint density at radius 3 is 2.45 bits per heavy atom. The molecule has 0 amide bonds. The molecule has 0 radical (unpaired) electrons. The van der Waals surface area contributed by atoms with Gasteiger partial charge in [0.15, 0.2) is 0 Å². The zero-order valence-corrected chi connectivity index (χ0v) is 12.4.